The summed E-state index contributed by atoms with van der Waals surface area (Å²) in [7, 11) is 1.90. The van der Waals surface area contributed by atoms with E-state index in [0.717, 1.165) is 29.9 Å². The van der Waals surface area contributed by atoms with Gasteiger partial charge in [-0.1, -0.05) is 18.2 Å². The Labute approximate surface area is 119 Å². The van der Waals surface area contributed by atoms with Gasteiger partial charge >= 0.3 is 0 Å². The van der Waals surface area contributed by atoms with Crippen LogP contribution in [0.5, 0.6) is 0 Å². The summed E-state index contributed by atoms with van der Waals surface area (Å²) >= 11 is 0. The van der Waals surface area contributed by atoms with Crippen molar-refractivity contribution in [3.05, 3.63) is 59.5 Å². The number of furan rings is 1. The van der Waals surface area contributed by atoms with Gasteiger partial charge in [0.1, 0.15) is 5.76 Å². The fourth-order valence-electron chi connectivity index (χ4n) is 2.10. The minimum absolute atomic E-state index is 0.0689. The molecule has 0 spiro atoms. The maximum atomic E-state index is 12.4. The molecule has 2 aromatic rings. The molecule has 0 aliphatic rings. The monoisotopic (exact) mass is 272 g/mol. The maximum absolute atomic E-state index is 12.4. The number of likely N-dealkylation sites (N-methyl/N-ethyl adjacent to an activating group) is 1. The number of hydrogen-bond acceptors (Lipinski definition) is 3. The Morgan fingerprint density at radius 2 is 2.05 bits per heavy atom. The van der Waals surface area contributed by atoms with Crippen LogP contribution in [0.25, 0.3) is 0 Å². The van der Waals surface area contributed by atoms with E-state index < -0.39 is 0 Å². The van der Waals surface area contributed by atoms with Gasteiger partial charge < -0.3 is 15.1 Å². The third-order valence-corrected chi connectivity index (χ3v) is 3.22. The predicted octanol–water partition coefficient (Wildman–Crippen LogP) is 2.53. The Hall–Kier alpha value is -2.07. The third kappa shape index (κ3) is 3.48. The molecule has 0 saturated heterocycles. The minimum Gasteiger partial charge on any atom is -0.467 e. The van der Waals surface area contributed by atoms with Gasteiger partial charge in [-0.25, -0.2) is 0 Å². The number of rotatable bonds is 6. The van der Waals surface area contributed by atoms with Crippen molar-refractivity contribution in [1.82, 2.24) is 10.6 Å². The van der Waals surface area contributed by atoms with Crippen molar-refractivity contribution in [3.63, 3.8) is 0 Å². The van der Waals surface area contributed by atoms with Crippen molar-refractivity contribution in [3.8, 4) is 0 Å². The van der Waals surface area contributed by atoms with Gasteiger partial charge in [-0.15, -0.1) is 0 Å². The molecule has 1 heterocycles. The molecule has 1 aromatic carbocycles. The fourth-order valence-corrected chi connectivity index (χ4v) is 2.10. The van der Waals surface area contributed by atoms with Crippen LogP contribution in [-0.4, -0.2) is 19.5 Å². The molecular formula is C16H20N2O2. The fraction of sp³-hybridized carbons (Fsp3) is 0.312. The molecule has 106 valence electrons. The second kappa shape index (κ2) is 6.91. The Balaban J connectivity index is 2.09. The Morgan fingerprint density at radius 1 is 1.25 bits per heavy atom. The number of carbonyl (C=O) groups is 1. The van der Waals surface area contributed by atoms with Crippen LogP contribution in [0, 0.1) is 0 Å². The second-order valence-electron chi connectivity index (χ2n) is 4.72. The van der Waals surface area contributed by atoms with Crippen molar-refractivity contribution in [1.29, 1.82) is 0 Å². The van der Waals surface area contributed by atoms with Gasteiger partial charge in [0, 0.05) is 5.56 Å². The van der Waals surface area contributed by atoms with Crippen LogP contribution >= 0.6 is 0 Å². The average molecular weight is 272 g/mol. The smallest absolute Gasteiger partial charge is 0.252 e. The first-order valence-electron chi connectivity index (χ1n) is 6.79. The summed E-state index contributed by atoms with van der Waals surface area (Å²) in [5.41, 5.74) is 1.77. The zero-order chi connectivity index (χ0) is 14.4. The van der Waals surface area contributed by atoms with Crippen LogP contribution in [0.3, 0.4) is 0 Å². The number of benzene rings is 1. The Morgan fingerprint density at radius 3 is 2.75 bits per heavy atom. The highest BCUT2D eigenvalue weighted by Gasteiger charge is 2.15. The highest BCUT2D eigenvalue weighted by Crippen LogP contribution is 2.15. The van der Waals surface area contributed by atoms with Gasteiger partial charge in [-0.3, -0.25) is 4.79 Å². The molecule has 0 fully saturated rings. The van der Waals surface area contributed by atoms with Gasteiger partial charge in [0.25, 0.3) is 5.91 Å². The van der Waals surface area contributed by atoms with Crippen LogP contribution in [0.4, 0.5) is 0 Å². The highest BCUT2D eigenvalue weighted by atomic mass is 16.3. The normalized spacial score (nSPS) is 12.1. The quantitative estimate of drug-likeness (QED) is 0.849. The third-order valence-electron chi connectivity index (χ3n) is 3.22. The number of carbonyl (C=O) groups excluding carboxylic acids is 1. The first kappa shape index (κ1) is 14.3. The van der Waals surface area contributed by atoms with E-state index in [1.807, 2.05) is 50.4 Å². The first-order valence-corrected chi connectivity index (χ1v) is 6.79. The molecule has 1 atom stereocenters. The lowest BCUT2D eigenvalue weighted by Gasteiger charge is -2.14. The summed E-state index contributed by atoms with van der Waals surface area (Å²) in [5, 5.41) is 6.06. The first-order chi connectivity index (χ1) is 9.72. The van der Waals surface area contributed by atoms with Crippen molar-refractivity contribution in [2.24, 2.45) is 0 Å². The SMILES string of the molecule is CNCCc1ccccc1C(=O)N[C@@H](C)c1ccco1. The molecule has 4 nitrogen and oxygen atoms in total. The summed E-state index contributed by atoms with van der Waals surface area (Å²) in [6.45, 7) is 2.75. The van der Waals surface area contributed by atoms with Gasteiger partial charge in [0.15, 0.2) is 0 Å². The standard InChI is InChI=1S/C16H20N2O2/c1-12(15-8-5-11-20-15)18-16(19)14-7-4-3-6-13(14)9-10-17-2/h3-8,11-12,17H,9-10H2,1-2H3,(H,18,19)/t12-/m0/s1. The lowest BCUT2D eigenvalue weighted by molar-refractivity contribution is 0.0934. The predicted molar refractivity (Wildman–Crippen MR) is 78.7 cm³/mol. The Bertz CT molecular complexity index is 549. The van der Waals surface area contributed by atoms with Crippen LogP contribution in [0.2, 0.25) is 0 Å². The summed E-state index contributed by atoms with van der Waals surface area (Å²) in [5.74, 6) is 0.687. The molecule has 4 heteroatoms. The highest BCUT2D eigenvalue weighted by molar-refractivity contribution is 5.95. The average Bonchev–Trinajstić information content (AvgIpc) is 2.99. The zero-order valence-corrected chi connectivity index (χ0v) is 11.8. The molecule has 20 heavy (non-hydrogen) atoms. The van der Waals surface area contributed by atoms with E-state index in [9.17, 15) is 4.79 Å². The van der Waals surface area contributed by atoms with Crippen molar-refractivity contribution in [2.45, 2.75) is 19.4 Å². The molecule has 0 aliphatic heterocycles. The van der Waals surface area contributed by atoms with Crippen molar-refractivity contribution < 1.29 is 9.21 Å². The van der Waals surface area contributed by atoms with Crippen molar-refractivity contribution in [2.75, 3.05) is 13.6 Å². The van der Waals surface area contributed by atoms with Crippen LogP contribution < -0.4 is 10.6 Å². The van der Waals surface area contributed by atoms with Gasteiger partial charge in [-0.2, -0.15) is 0 Å². The number of nitrogens with one attached hydrogen (secondary N) is 2. The molecule has 2 N–H and O–H groups in total. The lowest BCUT2D eigenvalue weighted by Crippen LogP contribution is -2.27. The van der Waals surface area contributed by atoms with E-state index in [4.69, 9.17) is 4.42 Å². The number of hydrogen-bond donors (Lipinski definition) is 2. The maximum Gasteiger partial charge on any atom is 0.252 e. The summed E-state index contributed by atoms with van der Waals surface area (Å²) in [6, 6.07) is 11.2. The molecule has 1 amide bonds. The summed E-state index contributed by atoms with van der Waals surface area (Å²) < 4.78 is 5.30. The minimum atomic E-state index is -0.144. The van der Waals surface area contributed by atoms with Crippen LogP contribution in [-0.2, 0) is 6.42 Å². The largest absolute Gasteiger partial charge is 0.467 e. The van der Waals surface area contributed by atoms with E-state index in [2.05, 4.69) is 10.6 Å². The molecule has 0 aliphatic carbocycles. The van der Waals surface area contributed by atoms with Gasteiger partial charge in [0.05, 0.1) is 12.3 Å². The molecule has 2 rings (SSSR count). The lowest BCUT2D eigenvalue weighted by atomic mass is 10.0. The Kier molecular flexibility index (Phi) is 4.96. The van der Waals surface area contributed by atoms with E-state index in [0.29, 0.717) is 0 Å². The molecule has 0 unspecified atom stereocenters. The van der Waals surface area contributed by atoms with Crippen molar-refractivity contribution >= 4 is 5.91 Å². The topological polar surface area (TPSA) is 54.3 Å². The van der Waals surface area contributed by atoms with E-state index >= 15 is 0 Å². The van der Waals surface area contributed by atoms with Crippen LogP contribution in [0.15, 0.2) is 47.1 Å². The van der Waals surface area contributed by atoms with Crippen LogP contribution in [0.1, 0.15) is 34.6 Å². The molecule has 0 bridgehead atoms. The molecule has 0 radical (unpaired) electrons. The summed E-state index contributed by atoms with van der Waals surface area (Å²) in [4.78, 5) is 12.4. The molecule has 0 saturated carbocycles. The zero-order valence-electron chi connectivity index (χ0n) is 11.8. The molecule has 1 aromatic heterocycles. The molecular weight excluding hydrogens is 252 g/mol. The second-order valence-corrected chi connectivity index (χ2v) is 4.72. The van der Waals surface area contributed by atoms with Gasteiger partial charge in [-0.05, 0) is 50.7 Å². The number of amides is 1. The van der Waals surface area contributed by atoms with Gasteiger partial charge in [0.2, 0.25) is 0 Å². The van der Waals surface area contributed by atoms with E-state index in [1.165, 1.54) is 0 Å². The van der Waals surface area contributed by atoms with E-state index in [1.54, 1.807) is 6.26 Å². The van der Waals surface area contributed by atoms with E-state index in [-0.39, 0.29) is 11.9 Å². The summed E-state index contributed by atoms with van der Waals surface area (Å²) in [6.07, 6.45) is 2.44.